The van der Waals surface area contributed by atoms with Crippen LogP contribution in [0, 0.1) is 11.8 Å². The number of esters is 1. The number of ether oxygens (including phenoxy) is 1. The smallest absolute Gasteiger partial charge is 0.337 e. The number of alkyl halides is 2. The van der Waals surface area contributed by atoms with Gasteiger partial charge >= 0.3 is 5.97 Å². The maximum Gasteiger partial charge on any atom is 0.337 e. The molecule has 3 aromatic carbocycles. The number of anilines is 1. The fraction of sp³-hybridized carbons (Fsp3) is 0.312. The lowest BCUT2D eigenvalue weighted by atomic mass is 9.54. The predicted molar refractivity (Wildman–Crippen MR) is 155 cm³/mol. The number of unbranched alkanes of at least 4 members (excludes halogenated alkanes) is 2. The minimum absolute atomic E-state index is 0.157. The average Bonchev–Trinajstić information content (AvgIpc) is 3.25. The molecule has 1 aliphatic heterocycles. The molecule has 41 heavy (non-hydrogen) atoms. The van der Waals surface area contributed by atoms with E-state index in [9.17, 15) is 19.2 Å². The molecule has 4 aliphatic rings. The SMILES string of the molecule is COC(=O)c1ccc(NC(=O)CCCCCN2C(=O)[C@@H]3[C@@H](C2=O)C2(Cl)c4ccccc4C3(Cl)c3ccccc32)cc1. The third kappa shape index (κ3) is 4.09. The molecule has 3 amide bonds. The third-order valence-corrected chi connectivity index (χ3v) is 9.84. The van der Waals surface area contributed by atoms with Gasteiger partial charge < -0.3 is 10.1 Å². The number of carbonyl (C=O) groups is 4. The summed E-state index contributed by atoms with van der Waals surface area (Å²) in [5.74, 6) is -2.78. The van der Waals surface area contributed by atoms with Crippen molar-refractivity contribution in [2.24, 2.45) is 11.8 Å². The Morgan fingerprint density at radius 3 is 1.73 bits per heavy atom. The summed E-state index contributed by atoms with van der Waals surface area (Å²) in [5.41, 5.74) is 4.12. The van der Waals surface area contributed by atoms with Crippen molar-refractivity contribution in [2.45, 2.75) is 35.4 Å². The highest BCUT2D eigenvalue weighted by atomic mass is 35.5. The molecule has 0 saturated carbocycles. The second kappa shape index (κ2) is 10.3. The first-order valence-electron chi connectivity index (χ1n) is 13.6. The molecule has 7 rings (SSSR count). The number of imide groups is 1. The number of hydrogen-bond donors (Lipinski definition) is 1. The highest BCUT2D eigenvalue weighted by molar-refractivity contribution is 6.36. The van der Waals surface area contributed by atoms with Gasteiger partial charge in [-0.3, -0.25) is 19.3 Å². The van der Waals surface area contributed by atoms with E-state index in [2.05, 4.69) is 10.1 Å². The van der Waals surface area contributed by atoms with Crippen LogP contribution in [0.4, 0.5) is 5.69 Å². The maximum atomic E-state index is 13.8. The molecule has 2 bridgehead atoms. The van der Waals surface area contributed by atoms with Gasteiger partial charge in [-0.05, 0) is 59.4 Å². The van der Waals surface area contributed by atoms with E-state index in [0.29, 0.717) is 30.5 Å². The van der Waals surface area contributed by atoms with Crippen LogP contribution in [0.2, 0.25) is 0 Å². The number of likely N-dealkylation sites (tertiary alicyclic amines) is 1. The van der Waals surface area contributed by atoms with E-state index in [1.54, 1.807) is 24.3 Å². The Bertz CT molecular complexity index is 1450. The highest BCUT2D eigenvalue weighted by Crippen LogP contribution is 2.69. The van der Waals surface area contributed by atoms with Gasteiger partial charge in [0.05, 0.1) is 24.5 Å². The van der Waals surface area contributed by atoms with Crippen molar-refractivity contribution in [3.8, 4) is 0 Å². The summed E-state index contributed by atoms with van der Waals surface area (Å²) in [4.78, 5) is 50.6. The molecule has 3 aliphatic carbocycles. The second-order valence-corrected chi connectivity index (χ2v) is 11.9. The largest absolute Gasteiger partial charge is 0.465 e. The average molecular weight is 591 g/mol. The van der Waals surface area contributed by atoms with Gasteiger partial charge in [-0.2, -0.15) is 0 Å². The lowest BCUT2D eigenvalue weighted by Gasteiger charge is -2.54. The Morgan fingerprint density at radius 1 is 0.780 bits per heavy atom. The molecule has 0 aromatic heterocycles. The van der Waals surface area contributed by atoms with Crippen molar-refractivity contribution in [3.05, 3.63) is 101 Å². The van der Waals surface area contributed by atoms with Crippen LogP contribution in [0.1, 0.15) is 58.3 Å². The molecule has 3 aromatic rings. The third-order valence-electron chi connectivity index (χ3n) is 8.55. The molecule has 7 nitrogen and oxygen atoms in total. The zero-order valence-electron chi connectivity index (χ0n) is 22.4. The number of halogens is 2. The van der Waals surface area contributed by atoms with Crippen LogP contribution in [0.5, 0.6) is 0 Å². The molecule has 1 fully saturated rings. The topological polar surface area (TPSA) is 92.8 Å². The summed E-state index contributed by atoms with van der Waals surface area (Å²) in [6.45, 7) is 0.244. The molecule has 2 atom stereocenters. The Kier molecular flexibility index (Phi) is 6.91. The zero-order valence-corrected chi connectivity index (χ0v) is 23.9. The minimum atomic E-state index is -1.18. The van der Waals surface area contributed by atoms with Crippen molar-refractivity contribution >= 4 is 52.6 Å². The number of rotatable bonds is 8. The van der Waals surface area contributed by atoms with Gasteiger partial charge in [-0.15, -0.1) is 23.2 Å². The quantitative estimate of drug-likeness (QED) is 0.160. The Morgan fingerprint density at radius 2 is 1.27 bits per heavy atom. The maximum absolute atomic E-state index is 13.8. The number of methoxy groups -OCH3 is 1. The summed E-state index contributed by atoms with van der Waals surface area (Å²) < 4.78 is 4.68. The zero-order chi connectivity index (χ0) is 28.9. The van der Waals surface area contributed by atoms with Gasteiger partial charge in [0.2, 0.25) is 17.7 Å². The lowest BCUT2D eigenvalue weighted by molar-refractivity contribution is -0.140. The van der Waals surface area contributed by atoms with Crippen LogP contribution in [0.15, 0.2) is 72.8 Å². The van der Waals surface area contributed by atoms with Gasteiger partial charge in [0, 0.05) is 18.7 Å². The van der Waals surface area contributed by atoms with Gasteiger partial charge in [0.1, 0.15) is 9.75 Å². The number of amides is 3. The fourth-order valence-corrected chi connectivity index (χ4v) is 7.81. The summed E-state index contributed by atoms with van der Waals surface area (Å²) >= 11 is 14.9. The van der Waals surface area contributed by atoms with Crippen LogP contribution in [0.25, 0.3) is 0 Å². The van der Waals surface area contributed by atoms with E-state index in [-0.39, 0.29) is 30.7 Å². The van der Waals surface area contributed by atoms with Crippen LogP contribution < -0.4 is 5.32 Å². The van der Waals surface area contributed by atoms with Crippen molar-refractivity contribution in [1.29, 1.82) is 0 Å². The van der Waals surface area contributed by atoms with Gasteiger partial charge in [-0.25, -0.2) is 4.79 Å². The van der Waals surface area contributed by atoms with Crippen LogP contribution in [-0.2, 0) is 28.9 Å². The number of hydrogen-bond acceptors (Lipinski definition) is 5. The van der Waals surface area contributed by atoms with E-state index >= 15 is 0 Å². The highest BCUT2D eigenvalue weighted by Gasteiger charge is 2.72. The number of nitrogens with one attached hydrogen (secondary N) is 1. The van der Waals surface area contributed by atoms with Gasteiger partial charge in [0.15, 0.2) is 0 Å². The van der Waals surface area contributed by atoms with E-state index < -0.39 is 27.6 Å². The summed E-state index contributed by atoms with van der Waals surface area (Å²) in [6, 6.07) is 21.6. The first-order valence-corrected chi connectivity index (χ1v) is 14.4. The summed E-state index contributed by atoms with van der Waals surface area (Å²) in [5, 5.41) is 2.81. The van der Waals surface area contributed by atoms with E-state index in [1.165, 1.54) is 12.0 Å². The second-order valence-electron chi connectivity index (χ2n) is 10.7. The Labute approximate surface area is 247 Å². The van der Waals surface area contributed by atoms with E-state index in [4.69, 9.17) is 23.2 Å². The van der Waals surface area contributed by atoms with Crippen molar-refractivity contribution in [3.63, 3.8) is 0 Å². The van der Waals surface area contributed by atoms with E-state index in [0.717, 1.165) is 22.3 Å². The minimum Gasteiger partial charge on any atom is -0.465 e. The van der Waals surface area contributed by atoms with E-state index in [1.807, 2.05) is 48.5 Å². The molecule has 1 saturated heterocycles. The van der Waals surface area contributed by atoms with Gasteiger partial charge in [-0.1, -0.05) is 55.0 Å². The molecule has 1 N–H and O–H groups in total. The Balaban J connectivity index is 1.11. The molecular weight excluding hydrogens is 563 g/mol. The molecule has 0 unspecified atom stereocenters. The molecule has 1 heterocycles. The number of nitrogens with zero attached hydrogens (tertiary/aromatic N) is 1. The summed E-state index contributed by atoms with van der Waals surface area (Å²) in [6.07, 6.45) is 2.08. The number of benzene rings is 3. The van der Waals surface area contributed by atoms with Crippen LogP contribution >= 0.6 is 23.2 Å². The molecule has 0 spiro atoms. The molecule has 210 valence electrons. The first-order chi connectivity index (χ1) is 19.7. The fourth-order valence-electron chi connectivity index (χ4n) is 6.71. The Hall–Kier alpha value is -3.68. The van der Waals surface area contributed by atoms with Crippen molar-refractivity contribution in [1.82, 2.24) is 4.90 Å². The van der Waals surface area contributed by atoms with Crippen LogP contribution in [-0.4, -0.2) is 42.2 Å². The van der Waals surface area contributed by atoms with Crippen molar-refractivity contribution in [2.75, 3.05) is 19.0 Å². The first kappa shape index (κ1) is 27.5. The predicted octanol–water partition coefficient (Wildman–Crippen LogP) is 5.57. The van der Waals surface area contributed by atoms with Gasteiger partial charge in [0.25, 0.3) is 0 Å². The molecule has 0 radical (unpaired) electrons. The monoisotopic (exact) mass is 590 g/mol. The van der Waals surface area contributed by atoms with Crippen molar-refractivity contribution < 1.29 is 23.9 Å². The normalized spacial score (nSPS) is 25.4. The number of carbonyl (C=O) groups excluding carboxylic acids is 4. The lowest BCUT2D eigenvalue weighted by Crippen LogP contribution is -2.57. The van der Waals surface area contributed by atoms with Crippen LogP contribution in [0.3, 0.4) is 0 Å². The standard InChI is InChI=1S/C32H28Cl2N2O5/c1-41-30(40)19-14-16-20(17-15-19)35-25(37)13-3-2-8-18-36-28(38)26-27(29(36)39)32(34)22-10-5-4-9-21(22)31(26,33)23-11-6-7-12-24(23)32/h4-7,9-12,14-17,26-27H,2-3,8,13,18H2,1H3,(H,35,37)/t26-,27-,31?,32?/m0/s1. The molecule has 9 heteroatoms. The summed E-state index contributed by atoms with van der Waals surface area (Å²) in [7, 11) is 1.31. The molecular formula is C32H28Cl2N2O5.